The van der Waals surface area contributed by atoms with Gasteiger partial charge in [-0.1, -0.05) is 42.5 Å². The van der Waals surface area contributed by atoms with E-state index in [1.165, 1.54) is 22.2 Å². The zero-order chi connectivity index (χ0) is 29.4. The summed E-state index contributed by atoms with van der Waals surface area (Å²) in [4.78, 5) is 0. The van der Waals surface area contributed by atoms with Crippen molar-refractivity contribution in [2.45, 2.75) is 25.7 Å². The van der Waals surface area contributed by atoms with Crippen molar-refractivity contribution in [1.29, 1.82) is 10.5 Å². The van der Waals surface area contributed by atoms with Crippen molar-refractivity contribution in [3.8, 4) is 23.6 Å². The monoisotopic (exact) mass is 567 g/mol. The maximum absolute atomic E-state index is 9.98. The molecule has 0 amide bonds. The molecule has 2 aromatic heterocycles. The van der Waals surface area contributed by atoms with Gasteiger partial charge < -0.3 is 13.7 Å². The number of nitriles is 2. The molecule has 3 aliphatic rings. The third-order valence-corrected chi connectivity index (χ3v) is 9.26. The van der Waals surface area contributed by atoms with Crippen LogP contribution in [-0.2, 0) is 12.8 Å². The van der Waals surface area contributed by atoms with Crippen LogP contribution in [0.2, 0.25) is 0 Å². The molecule has 3 heterocycles. The van der Waals surface area contributed by atoms with Crippen LogP contribution < -0.4 is 4.74 Å². The van der Waals surface area contributed by atoms with E-state index in [0.717, 1.165) is 74.2 Å². The number of hydrogen-bond acceptors (Lipinski definition) is 4. The number of benzene rings is 4. The summed E-state index contributed by atoms with van der Waals surface area (Å²) in [6.07, 6.45) is 12.3. The van der Waals surface area contributed by atoms with Crippen LogP contribution in [0.5, 0.6) is 11.5 Å². The molecule has 0 saturated carbocycles. The number of rotatable bonds is 2. The number of aryl methyl sites for hydroxylation is 1. The maximum atomic E-state index is 9.98. The van der Waals surface area contributed by atoms with Gasteiger partial charge in [0.05, 0.1) is 29.1 Å². The number of nitrogens with zero attached hydrogens (tertiary/aromatic N) is 3. The van der Waals surface area contributed by atoms with Crippen LogP contribution in [0.25, 0.3) is 50.2 Å². The van der Waals surface area contributed by atoms with Crippen LogP contribution in [0.15, 0.2) is 95.4 Å². The normalized spacial score (nSPS) is 16.8. The molecular weight excluding hydrogens is 542 g/mol. The van der Waals surface area contributed by atoms with Gasteiger partial charge in [-0.05, 0) is 85.0 Å². The summed E-state index contributed by atoms with van der Waals surface area (Å²) >= 11 is 0. The molecule has 208 valence electrons. The summed E-state index contributed by atoms with van der Waals surface area (Å²) in [6.45, 7) is 0. The van der Waals surface area contributed by atoms with Gasteiger partial charge in [0, 0.05) is 50.7 Å². The molecule has 0 saturated heterocycles. The number of ether oxygens (including phenoxy) is 1. The zero-order valence-corrected chi connectivity index (χ0v) is 23.8. The van der Waals surface area contributed by atoms with Gasteiger partial charge in [0.1, 0.15) is 22.7 Å². The molecule has 2 aliphatic carbocycles. The van der Waals surface area contributed by atoms with E-state index in [4.69, 9.17) is 9.15 Å². The molecule has 5 heteroatoms. The van der Waals surface area contributed by atoms with E-state index < -0.39 is 0 Å². The summed E-state index contributed by atoms with van der Waals surface area (Å²) in [7, 11) is 0. The lowest BCUT2D eigenvalue weighted by Gasteiger charge is -2.23. The molecule has 0 radical (unpaired) electrons. The Labute approximate surface area is 253 Å². The Morgan fingerprint density at radius 3 is 2.66 bits per heavy atom. The quantitative estimate of drug-likeness (QED) is 0.208. The second-order valence-corrected chi connectivity index (χ2v) is 11.7. The molecule has 0 bridgehead atoms. The molecule has 6 aromatic rings. The van der Waals surface area contributed by atoms with Crippen LogP contribution in [0.3, 0.4) is 0 Å². The van der Waals surface area contributed by atoms with Crippen LogP contribution in [-0.4, -0.2) is 4.57 Å². The second-order valence-electron chi connectivity index (χ2n) is 11.7. The van der Waals surface area contributed by atoms with E-state index in [1.807, 2.05) is 30.3 Å². The molecule has 44 heavy (non-hydrogen) atoms. The van der Waals surface area contributed by atoms with Gasteiger partial charge in [-0.3, -0.25) is 0 Å². The zero-order valence-electron chi connectivity index (χ0n) is 23.8. The smallest absolute Gasteiger partial charge is 0.135 e. The third kappa shape index (κ3) is 3.57. The van der Waals surface area contributed by atoms with Crippen molar-refractivity contribution in [2.75, 3.05) is 0 Å². The first-order valence-corrected chi connectivity index (χ1v) is 15.0. The predicted octanol–water partition coefficient (Wildman–Crippen LogP) is 9.54. The Bertz CT molecular complexity index is 2400. The van der Waals surface area contributed by atoms with E-state index in [1.54, 1.807) is 6.07 Å². The molecule has 0 spiro atoms. The van der Waals surface area contributed by atoms with Crippen LogP contribution in [0, 0.1) is 28.6 Å². The van der Waals surface area contributed by atoms with Gasteiger partial charge in [0.25, 0.3) is 0 Å². The largest absolute Gasteiger partial charge is 0.457 e. The van der Waals surface area contributed by atoms with Crippen molar-refractivity contribution < 1.29 is 9.15 Å². The molecule has 5 nitrogen and oxygen atoms in total. The number of furan rings is 1. The minimum atomic E-state index is -0.203. The van der Waals surface area contributed by atoms with E-state index in [9.17, 15) is 10.5 Å². The van der Waals surface area contributed by atoms with Gasteiger partial charge in [0.15, 0.2) is 0 Å². The highest BCUT2D eigenvalue weighted by Gasteiger charge is 2.27. The summed E-state index contributed by atoms with van der Waals surface area (Å²) < 4.78 is 15.1. The highest BCUT2D eigenvalue weighted by atomic mass is 16.5. The number of allylic oxidation sites excluding steroid dienone is 5. The first-order valence-electron chi connectivity index (χ1n) is 15.0. The van der Waals surface area contributed by atoms with Gasteiger partial charge in [-0.15, -0.1) is 0 Å². The molecule has 1 atom stereocenters. The standard InChI is InChI=1S/C39H25N3O2/c40-21-23-10-13-35-26(17-23)20-31-37(43-35)15-16-38-39(31)30-19-25(11-14-36(30)44-38)29-18-24(22-41)9-12-34(29)42-32-7-3-1-5-27(32)28-6-2-4-8-33(28)42/h1,3-5,7-8,10-19,24H,2,6,9,20H2/t24-/m1/s1. The molecule has 0 unspecified atom stereocenters. The van der Waals surface area contributed by atoms with E-state index in [0.29, 0.717) is 18.4 Å². The van der Waals surface area contributed by atoms with E-state index in [-0.39, 0.29) is 5.92 Å². The Hall–Kier alpha value is -5.78. The molecule has 0 N–H and O–H groups in total. The molecule has 4 aromatic carbocycles. The summed E-state index contributed by atoms with van der Waals surface area (Å²) in [6, 6.07) is 29.3. The van der Waals surface area contributed by atoms with Crippen molar-refractivity contribution in [3.05, 3.63) is 125 Å². The predicted molar refractivity (Wildman–Crippen MR) is 173 cm³/mol. The average Bonchev–Trinajstić information content (AvgIpc) is 3.62. The summed E-state index contributed by atoms with van der Waals surface area (Å²) in [5.74, 6) is 1.39. The SMILES string of the molecule is N#Cc1ccc2c(c1)Cc1c(ccc3oc4ccc(C5=C[C@H](C#N)CC=C5n5c6c(c7ccccc75)CCC=C6)cc4c13)O2. The van der Waals surface area contributed by atoms with Crippen LogP contribution in [0.4, 0.5) is 0 Å². The summed E-state index contributed by atoms with van der Waals surface area (Å²) in [5.41, 5.74) is 11.3. The van der Waals surface area contributed by atoms with Crippen LogP contribution >= 0.6 is 0 Å². The topological polar surface area (TPSA) is 74.9 Å². The van der Waals surface area contributed by atoms with Crippen LogP contribution in [0.1, 0.15) is 46.4 Å². The van der Waals surface area contributed by atoms with Crippen molar-refractivity contribution in [1.82, 2.24) is 4.57 Å². The molecule has 9 rings (SSSR count). The first-order chi connectivity index (χ1) is 21.7. The minimum absolute atomic E-state index is 0.203. The van der Waals surface area contributed by atoms with Gasteiger partial charge in [-0.25, -0.2) is 0 Å². The fraction of sp³-hybridized carbons (Fsp3) is 0.128. The lowest BCUT2D eigenvalue weighted by molar-refractivity contribution is 0.461. The molecule has 1 aliphatic heterocycles. The third-order valence-electron chi connectivity index (χ3n) is 9.26. The Balaban J connectivity index is 1.24. The number of aromatic nitrogens is 1. The van der Waals surface area contributed by atoms with E-state index in [2.05, 4.69) is 77.4 Å². The van der Waals surface area contributed by atoms with Gasteiger partial charge >= 0.3 is 0 Å². The Kier molecular flexibility index (Phi) is 5.27. The highest BCUT2D eigenvalue weighted by Crippen LogP contribution is 2.46. The Morgan fingerprint density at radius 2 is 1.75 bits per heavy atom. The maximum Gasteiger partial charge on any atom is 0.135 e. The minimum Gasteiger partial charge on any atom is -0.457 e. The lowest BCUT2D eigenvalue weighted by atomic mass is 9.89. The van der Waals surface area contributed by atoms with Gasteiger partial charge in [0.2, 0.25) is 0 Å². The van der Waals surface area contributed by atoms with Crippen molar-refractivity contribution >= 4 is 50.2 Å². The van der Waals surface area contributed by atoms with Crippen molar-refractivity contribution in [2.24, 2.45) is 5.92 Å². The summed E-state index contributed by atoms with van der Waals surface area (Å²) in [5, 5.41) is 22.8. The fourth-order valence-corrected chi connectivity index (χ4v) is 7.25. The number of hydrogen-bond donors (Lipinski definition) is 0. The second kappa shape index (κ2) is 9.36. The number of para-hydroxylation sites is 1. The Morgan fingerprint density at radius 1 is 0.864 bits per heavy atom. The first kappa shape index (κ1) is 24.8. The van der Waals surface area contributed by atoms with Crippen molar-refractivity contribution in [3.63, 3.8) is 0 Å². The average molecular weight is 568 g/mol. The lowest BCUT2D eigenvalue weighted by Crippen LogP contribution is -2.09. The van der Waals surface area contributed by atoms with Gasteiger partial charge in [-0.2, -0.15) is 10.5 Å². The molecule has 0 fully saturated rings. The van der Waals surface area contributed by atoms with E-state index >= 15 is 0 Å². The number of fused-ring (bicyclic) bond motifs is 9. The molecular formula is C39H25N3O2. The fourth-order valence-electron chi connectivity index (χ4n) is 7.25. The highest BCUT2D eigenvalue weighted by molar-refractivity contribution is 6.11.